The van der Waals surface area contributed by atoms with Crippen molar-refractivity contribution >= 4 is 34.6 Å². The van der Waals surface area contributed by atoms with E-state index in [1.54, 1.807) is 46.7 Å². The van der Waals surface area contributed by atoms with Crippen LogP contribution in [0.5, 0.6) is 0 Å². The summed E-state index contributed by atoms with van der Waals surface area (Å²) in [5, 5.41) is 12.9. The number of ketones is 1. The van der Waals surface area contributed by atoms with Crippen molar-refractivity contribution in [1.82, 2.24) is 9.80 Å². The lowest BCUT2D eigenvalue weighted by atomic mass is 9.95. The molecule has 0 saturated heterocycles. The van der Waals surface area contributed by atoms with Gasteiger partial charge in [-0.05, 0) is 56.2 Å². The number of benzene rings is 1. The molecule has 27 heavy (non-hydrogen) atoms. The predicted molar refractivity (Wildman–Crippen MR) is 107 cm³/mol. The van der Waals surface area contributed by atoms with Gasteiger partial charge in [0.15, 0.2) is 5.76 Å². The van der Waals surface area contributed by atoms with Gasteiger partial charge in [0.25, 0.3) is 5.91 Å². The van der Waals surface area contributed by atoms with Gasteiger partial charge in [0.05, 0.1) is 16.5 Å². The zero-order chi connectivity index (χ0) is 19.6. The molecule has 0 aliphatic carbocycles. The number of carbonyl (C=O) groups excluding carboxylic acids is 2. The maximum absolute atomic E-state index is 13.0. The Morgan fingerprint density at radius 3 is 2.56 bits per heavy atom. The van der Waals surface area contributed by atoms with Gasteiger partial charge >= 0.3 is 0 Å². The molecule has 1 aliphatic heterocycles. The smallest absolute Gasteiger partial charge is 0.290 e. The van der Waals surface area contributed by atoms with Crippen LogP contribution in [0.4, 0.5) is 0 Å². The molecule has 1 aromatic heterocycles. The maximum atomic E-state index is 13.0. The van der Waals surface area contributed by atoms with Crippen LogP contribution in [0, 0.1) is 0 Å². The fourth-order valence-electron chi connectivity index (χ4n) is 3.21. The second-order valence-corrected chi connectivity index (χ2v) is 8.06. The van der Waals surface area contributed by atoms with Gasteiger partial charge in [0, 0.05) is 11.6 Å². The van der Waals surface area contributed by atoms with Crippen LogP contribution in [-0.4, -0.2) is 53.8 Å². The van der Waals surface area contributed by atoms with E-state index in [1.807, 2.05) is 19.0 Å². The third kappa shape index (κ3) is 4.08. The third-order valence-electron chi connectivity index (χ3n) is 4.48. The maximum Gasteiger partial charge on any atom is 0.290 e. The highest BCUT2D eigenvalue weighted by Crippen LogP contribution is 2.39. The first-order chi connectivity index (χ1) is 12.9. The topological polar surface area (TPSA) is 60.9 Å². The van der Waals surface area contributed by atoms with Crippen LogP contribution in [-0.2, 0) is 4.79 Å². The Hall–Kier alpha value is -2.15. The molecule has 0 radical (unpaired) electrons. The van der Waals surface area contributed by atoms with Crippen molar-refractivity contribution < 1.29 is 14.7 Å². The summed E-state index contributed by atoms with van der Waals surface area (Å²) >= 11 is 7.29. The molecule has 0 unspecified atom stereocenters. The second kappa shape index (κ2) is 8.25. The average Bonchev–Trinajstić information content (AvgIpc) is 3.25. The lowest BCUT2D eigenvalue weighted by Crippen LogP contribution is -2.33. The van der Waals surface area contributed by atoms with Crippen molar-refractivity contribution in [2.45, 2.75) is 12.5 Å². The Bertz CT molecular complexity index is 860. The molecule has 1 aromatic carbocycles. The number of amides is 1. The molecule has 3 rings (SSSR count). The minimum Gasteiger partial charge on any atom is -0.503 e. The standard InChI is InChI=1S/C20H21ClN2O3S/c1-22(2)10-4-11-23-17(13-6-8-14(21)9-7-13)16(19(25)20(23)26)18(24)15-5-3-12-27-15/h3,5-9,12,17,25H,4,10-11H2,1-2H3/t17-/m0/s1. The molecule has 1 amide bonds. The van der Waals surface area contributed by atoms with Crippen molar-refractivity contribution in [2.75, 3.05) is 27.2 Å². The van der Waals surface area contributed by atoms with Crippen LogP contribution in [0.3, 0.4) is 0 Å². The molecule has 5 nitrogen and oxygen atoms in total. The van der Waals surface area contributed by atoms with Crippen molar-refractivity contribution in [3.63, 3.8) is 0 Å². The molecular formula is C20H21ClN2O3S. The number of Topliss-reactive ketones (excluding diaryl/α,β-unsaturated/α-hetero) is 1. The number of aliphatic hydroxyl groups excluding tert-OH is 1. The monoisotopic (exact) mass is 404 g/mol. The van der Waals surface area contributed by atoms with Crippen LogP contribution in [0.25, 0.3) is 0 Å². The van der Waals surface area contributed by atoms with Gasteiger partial charge in [-0.2, -0.15) is 0 Å². The highest BCUT2D eigenvalue weighted by molar-refractivity contribution is 7.12. The summed E-state index contributed by atoms with van der Waals surface area (Å²) in [6.07, 6.45) is 0.733. The van der Waals surface area contributed by atoms with Crippen molar-refractivity contribution in [3.05, 3.63) is 68.6 Å². The number of hydrogen-bond acceptors (Lipinski definition) is 5. The highest BCUT2D eigenvalue weighted by Gasteiger charge is 2.43. The van der Waals surface area contributed by atoms with Crippen molar-refractivity contribution in [3.8, 4) is 0 Å². The van der Waals surface area contributed by atoms with Crippen LogP contribution in [0.1, 0.15) is 27.7 Å². The number of hydrogen-bond donors (Lipinski definition) is 1. The van der Waals surface area contributed by atoms with E-state index in [0.717, 1.165) is 18.5 Å². The van der Waals surface area contributed by atoms with Gasteiger partial charge in [0.2, 0.25) is 5.78 Å². The number of aliphatic hydroxyl groups is 1. The molecule has 2 aromatic rings. The Kier molecular flexibility index (Phi) is 5.99. The molecule has 0 fully saturated rings. The lowest BCUT2D eigenvalue weighted by Gasteiger charge is -2.27. The fourth-order valence-corrected chi connectivity index (χ4v) is 4.01. The Morgan fingerprint density at radius 1 is 1.26 bits per heavy atom. The molecule has 7 heteroatoms. The van der Waals surface area contributed by atoms with Gasteiger partial charge in [-0.15, -0.1) is 11.3 Å². The van der Waals surface area contributed by atoms with Crippen LogP contribution < -0.4 is 0 Å². The molecule has 1 atom stereocenters. The zero-order valence-electron chi connectivity index (χ0n) is 15.2. The van der Waals surface area contributed by atoms with Gasteiger partial charge < -0.3 is 14.9 Å². The van der Waals surface area contributed by atoms with E-state index in [2.05, 4.69) is 0 Å². The van der Waals surface area contributed by atoms with Gasteiger partial charge in [-0.25, -0.2) is 0 Å². The molecule has 1 aliphatic rings. The van der Waals surface area contributed by atoms with E-state index in [4.69, 9.17) is 11.6 Å². The molecular weight excluding hydrogens is 384 g/mol. The van der Waals surface area contributed by atoms with Crippen molar-refractivity contribution in [2.24, 2.45) is 0 Å². The SMILES string of the molecule is CN(C)CCCN1C(=O)C(O)=C(C(=O)c2cccs2)[C@@H]1c1ccc(Cl)cc1. The first-order valence-electron chi connectivity index (χ1n) is 8.62. The Morgan fingerprint density at radius 2 is 1.96 bits per heavy atom. The molecule has 2 heterocycles. The summed E-state index contributed by atoms with van der Waals surface area (Å²) in [6, 6.07) is 9.89. The number of carbonyl (C=O) groups is 2. The summed E-state index contributed by atoms with van der Waals surface area (Å²) in [5.41, 5.74) is 0.885. The number of halogens is 1. The highest BCUT2D eigenvalue weighted by atomic mass is 35.5. The fraction of sp³-hybridized carbons (Fsp3) is 0.300. The Balaban J connectivity index is 1.99. The predicted octanol–water partition coefficient (Wildman–Crippen LogP) is 3.93. The Labute approximate surface area is 167 Å². The van der Waals surface area contributed by atoms with Crippen LogP contribution in [0.15, 0.2) is 53.1 Å². The largest absolute Gasteiger partial charge is 0.503 e. The summed E-state index contributed by atoms with van der Waals surface area (Å²) in [5.74, 6) is -1.28. The van der Waals surface area contributed by atoms with Crippen LogP contribution >= 0.6 is 22.9 Å². The van der Waals surface area contributed by atoms with E-state index < -0.39 is 17.7 Å². The molecule has 1 N–H and O–H groups in total. The van der Waals surface area contributed by atoms with Gasteiger partial charge in [-0.3, -0.25) is 9.59 Å². The zero-order valence-corrected chi connectivity index (χ0v) is 16.8. The second-order valence-electron chi connectivity index (χ2n) is 6.68. The summed E-state index contributed by atoms with van der Waals surface area (Å²) in [7, 11) is 3.92. The number of rotatable bonds is 7. The molecule has 0 bridgehead atoms. The molecule has 142 valence electrons. The van der Waals surface area contributed by atoms with Crippen molar-refractivity contribution in [1.29, 1.82) is 0 Å². The van der Waals surface area contributed by atoms with E-state index in [-0.39, 0.29) is 11.4 Å². The third-order valence-corrected chi connectivity index (χ3v) is 5.60. The minimum atomic E-state index is -0.619. The quantitative estimate of drug-likeness (QED) is 0.710. The first-order valence-corrected chi connectivity index (χ1v) is 9.88. The number of nitrogens with zero attached hydrogens (tertiary/aromatic N) is 2. The lowest BCUT2D eigenvalue weighted by molar-refractivity contribution is -0.129. The van der Waals surface area contributed by atoms with E-state index in [1.165, 1.54) is 11.3 Å². The normalized spacial score (nSPS) is 17.3. The molecule has 0 spiro atoms. The van der Waals surface area contributed by atoms with E-state index in [9.17, 15) is 14.7 Å². The van der Waals surface area contributed by atoms with Crippen LogP contribution in [0.2, 0.25) is 5.02 Å². The van der Waals surface area contributed by atoms with E-state index >= 15 is 0 Å². The van der Waals surface area contributed by atoms with Gasteiger partial charge in [0.1, 0.15) is 0 Å². The minimum absolute atomic E-state index is 0.134. The van der Waals surface area contributed by atoms with E-state index in [0.29, 0.717) is 16.4 Å². The summed E-state index contributed by atoms with van der Waals surface area (Å²) in [4.78, 5) is 29.9. The summed E-state index contributed by atoms with van der Waals surface area (Å²) < 4.78 is 0. The average molecular weight is 405 g/mol. The molecule has 0 saturated carbocycles. The number of thiophene rings is 1. The van der Waals surface area contributed by atoms with Gasteiger partial charge in [-0.1, -0.05) is 29.8 Å². The summed E-state index contributed by atoms with van der Waals surface area (Å²) in [6.45, 7) is 1.24. The first kappa shape index (κ1) is 19.6.